The van der Waals surface area contributed by atoms with Crippen molar-refractivity contribution in [1.29, 1.82) is 0 Å². The minimum absolute atomic E-state index is 0.139. The van der Waals surface area contributed by atoms with Gasteiger partial charge in [-0.2, -0.15) is 0 Å². The average Bonchev–Trinajstić information content (AvgIpc) is 3.11. The molecule has 26 heavy (non-hydrogen) atoms. The van der Waals surface area contributed by atoms with Crippen molar-refractivity contribution in [1.82, 2.24) is 0 Å². The molecule has 2 heterocycles. The van der Waals surface area contributed by atoms with E-state index in [9.17, 15) is 14.4 Å². The van der Waals surface area contributed by atoms with Gasteiger partial charge in [-0.3, -0.25) is 14.4 Å². The summed E-state index contributed by atoms with van der Waals surface area (Å²) in [5.41, 5.74) is 0.179. The molecule has 2 fully saturated rings. The van der Waals surface area contributed by atoms with Crippen LogP contribution in [0.25, 0.3) is 0 Å². The van der Waals surface area contributed by atoms with Crippen LogP contribution in [0.4, 0.5) is 0 Å². The summed E-state index contributed by atoms with van der Waals surface area (Å²) in [4.78, 5) is 35.2. The smallest absolute Gasteiger partial charge is 0.309 e. The fourth-order valence-electron chi connectivity index (χ4n) is 4.06. The predicted octanol–water partition coefficient (Wildman–Crippen LogP) is 1.93. The number of epoxide rings is 1. The molecule has 144 valence electrons. The minimum atomic E-state index is -0.655. The maximum atomic E-state index is 12.1. The quantitative estimate of drug-likeness (QED) is 0.319. The molecule has 0 aromatic carbocycles. The minimum Gasteiger partial charge on any atom is -0.459 e. The Hall–Kier alpha value is -1.89. The van der Waals surface area contributed by atoms with Crippen molar-refractivity contribution in [3.63, 3.8) is 0 Å². The Kier molecular flexibility index (Phi) is 4.86. The molecule has 0 N–H and O–H groups in total. The Balaban J connectivity index is 1.96. The molecule has 0 bridgehead atoms. The van der Waals surface area contributed by atoms with Crippen LogP contribution in [0.15, 0.2) is 11.6 Å². The molecule has 7 atom stereocenters. The first-order valence-electron chi connectivity index (χ1n) is 9.03. The molecule has 0 saturated carbocycles. The molecule has 7 heteroatoms. The lowest BCUT2D eigenvalue weighted by Gasteiger charge is -2.29. The van der Waals surface area contributed by atoms with Gasteiger partial charge in [0.2, 0.25) is 0 Å². The van der Waals surface area contributed by atoms with Crippen LogP contribution in [-0.2, 0) is 33.3 Å². The Morgan fingerprint density at radius 2 is 1.85 bits per heavy atom. The van der Waals surface area contributed by atoms with E-state index < -0.39 is 23.9 Å². The Morgan fingerprint density at radius 1 is 1.19 bits per heavy atom. The standard InChI is InChI=1S/C19H26O7/c1-9-6-15-13(10(2)18(22)25-15)7-16(24-12(4)21)19(5)17(26-19)8-14(9)23-11(3)20/h6,10,13-17H,7-8H2,1-5H3/b9-6+/t10-,13+,14-,15+,16+,17-,19+/m1/s1. The molecular formula is C19H26O7. The van der Waals surface area contributed by atoms with E-state index in [2.05, 4.69) is 0 Å². The summed E-state index contributed by atoms with van der Waals surface area (Å²) in [6, 6.07) is 0. The maximum Gasteiger partial charge on any atom is 0.309 e. The summed E-state index contributed by atoms with van der Waals surface area (Å²) in [7, 11) is 0. The van der Waals surface area contributed by atoms with Gasteiger partial charge < -0.3 is 18.9 Å². The number of hydrogen-bond acceptors (Lipinski definition) is 7. The molecule has 7 nitrogen and oxygen atoms in total. The zero-order valence-corrected chi connectivity index (χ0v) is 15.8. The van der Waals surface area contributed by atoms with Crippen LogP contribution in [0.1, 0.15) is 47.5 Å². The Labute approximate surface area is 153 Å². The van der Waals surface area contributed by atoms with Gasteiger partial charge in [-0.05, 0) is 31.9 Å². The van der Waals surface area contributed by atoms with Gasteiger partial charge in [-0.25, -0.2) is 0 Å². The molecule has 1 aliphatic carbocycles. The molecule has 0 radical (unpaired) electrons. The van der Waals surface area contributed by atoms with Gasteiger partial charge in [0, 0.05) is 26.2 Å². The summed E-state index contributed by atoms with van der Waals surface area (Å²) in [6.45, 7) is 8.31. The van der Waals surface area contributed by atoms with Crippen LogP contribution in [0, 0.1) is 11.8 Å². The number of carbonyl (C=O) groups is 3. The van der Waals surface area contributed by atoms with E-state index in [0.717, 1.165) is 5.57 Å². The summed E-state index contributed by atoms with van der Waals surface area (Å²) < 4.78 is 22.4. The fourth-order valence-corrected chi connectivity index (χ4v) is 4.06. The number of ether oxygens (including phenoxy) is 4. The van der Waals surface area contributed by atoms with Gasteiger partial charge in [-0.1, -0.05) is 6.92 Å². The van der Waals surface area contributed by atoms with Crippen molar-refractivity contribution < 1.29 is 33.3 Å². The maximum absolute atomic E-state index is 12.1. The normalized spacial score (nSPS) is 43.9. The van der Waals surface area contributed by atoms with Crippen LogP contribution < -0.4 is 0 Å². The lowest BCUT2D eigenvalue weighted by Crippen LogP contribution is -2.39. The van der Waals surface area contributed by atoms with Crippen molar-refractivity contribution in [3.8, 4) is 0 Å². The van der Waals surface area contributed by atoms with E-state index in [1.807, 2.05) is 26.8 Å². The van der Waals surface area contributed by atoms with Crippen LogP contribution >= 0.6 is 0 Å². The highest BCUT2D eigenvalue weighted by atomic mass is 16.6. The van der Waals surface area contributed by atoms with Gasteiger partial charge in [0.15, 0.2) is 0 Å². The molecular weight excluding hydrogens is 340 g/mol. The third-order valence-electron chi connectivity index (χ3n) is 5.77. The molecule has 3 rings (SSSR count). The van der Waals surface area contributed by atoms with Gasteiger partial charge >= 0.3 is 17.9 Å². The van der Waals surface area contributed by atoms with Gasteiger partial charge in [0.25, 0.3) is 0 Å². The highest BCUT2D eigenvalue weighted by Crippen LogP contribution is 2.48. The van der Waals surface area contributed by atoms with E-state index in [-0.39, 0.29) is 35.8 Å². The number of hydrogen-bond donors (Lipinski definition) is 0. The van der Waals surface area contributed by atoms with Crippen molar-refractivity contribution in [2.45, 2.75) is 77.5 Å². The highest BCUT2D eigenvalue weighted by Gasteiger charge is 2.61. The van der Waals surface area contributed by atoms with Crippen LogP contribution in [0.3, 0.4) is 0 Å². The second-order valence-electron chi connectivity index (χ2n) is 7.72. The molecule has 0 aromatic rings. The predicted molar refractivity (Wildman–Crippen MR) is 89.9 cm³/mol. The summed E-state index contributed by atoms with van der Waals surface area (Å²) in [5, 5.41) is 0. The first kappa shape index (κ1) is 18.9. The van der Waals surface area contributed by atoms with E-state index in [1.54, 1.807) is 0 Å². The molecule has 0 unspecified atom stereocenters. The number of fused-ring (bicyclic) bond motifs is 2. The van der Waals surface area contributed by atoms with Crippen LogP contribution in [0.2, 0.25) is 0 Å². The van der Waals surface area contributed by atoms with Gasteiger partial charge in [0.05, 0.1) is 12.0 Å². The first-order chi connectivity index (χ1) is 12.1. The zero-order valence-electron chi connectivity index (χ0n) is 15.8. The zero-order chi connectivity index (χ0) is 19.2. The highest BCUT2D eigenvalue weighted by molar-refractivity contribution is 5.75. The second-order valence-corrected chi connectivity index (χ2v) is 7.72. The van der Waals surface area contributed by atoms with Crippen molar-refractivity contribution in [3.05, 3.63) is 11.6 Å². The lowest BCUT2D eigenvalue weighted by molar-refractivity contribution is -0.151. The molecule has 0 spiro atoms. The van der Waals surface area contributed by atoms with Crippen LogP contribution in [-0.4, -0.2) is 47.9 Å². The van der Waals surface area contributed by atoms with E-state index >= 15 is 0 Å². The SMILES string of the molecule is CC(=O)O[C@H]1C[C@@H]2[C@H](/C=C(\C)[C@H](OC(C)=O)C[C@H]3O[C@@]13C)OC(=O)[C@@H]2C. The Morgan fingerprint density at radius 3 is 2.46 bits per heavy atom. The topological polar surface area (TPSA) is 91.4 Å². The summed E-state index contributed by atoms with van der Waals surface area (Å²) >= 11 is 0. The van der Waals surface area contributed by atoms with Crippen molar-refractivity contribution >= 4 is 17.9 Å². The molecule has 0 amide bonds. The van der Waals surface area contributed by atoms with Crippen molar-refractivity contribution in [2.24, 2.45) is 11.8 Å². The van der Waals surface area contributed by atoms with Gasteiger partial charge in [0.1, 0.15) is 23.9 Å². The lowest BCUT2D eigenvalue weighted by atomic mass is 9.80. The van der Waals surface area contributed by atoms with Gasteiger partial charge in [-0.15, -0.1) is 0 Å². The average molecular weight is 366 g/mol. The second kappa shape index (κ2) is 6.68. The number of carbonyl (C=O) groups excluding carboxylic acids is 3. The van der Waals surface area contributed by atoms with E-state index in [4.69, 9.17) is 18.9 Å². The molecule has 2 saturated heterocycles. The summed E-state index contributed by atoms with van der Waals surface area (Å²) in [5.74, 6) is -1.49. The Bertz CT molecular complexity index is 654. The number of esters is 3. The van der Waals surface area contributed by atoms with Crippen LogP contribution in [0.5, 0.6) is 0 Å². The summed E-state index contributed by atoms with van der Waals surface area (Å²) in [6.07, 6.45) is 1.22. The number of rotatable bonds is 2. The van der Waals surface area contributed by atoms with E-state index in [0.29, 0.717) is 12.8 Å². The molecule has 0 aromatic heterocycles. The third kappa shape index (κ3) is 3.49. The third-order valence-corrected chi connectivity index (χ3v) is 5.77. The molecule has 2 aliphatic heterocycles. The largest absolute Gasteiger partial charge is 0.459 e. The molecule has 3 aliphatic rings. The van der Waals surface area contributed by atoms with E-state index in [1.165, 1.54) is 13.8 Å². The van der Waals surface area contributed by atoms with Crippen molar-refractivity contribution in [2.75, 3.05) is 0 Å². The fraction of sp³-hybridized carbons (Fsp3) is 0.737. The first-order valence-corrected chi connectivity index (χ1v) is 9.03. The monoisotopic (exact) mass is 366 g/mol.